The zero-order valence-corrected chi connectivity index (χ0v) is 36.0. The number of aromatic nitrogens is 4. The SMILES string of the molecule is C[C@@H]1[C@@H](CO)O[C@@H](n2ccc(=O)[nH]c2=O)[C@@]1(F)Cl.O=C1OP(Cl)Oc2ccccc21.O=c1ccn([C@@H]2O[C@H](COP(O)(=S)OP(=O)(O)OP(=O)(O)O)[C@@H](O)[C@]2(F)Cl)c(=O)[nH]1. The maximum absolute atomic E-state index is 14.7. The van der Waals surface area contributed by atoms with E-state index in [-0.39, 0.29) is 0 Å². The van der Waals surface area contributed by atoms with Gasteiger partial charge in [-0.2, -0.15) is 4.31 Å². The van der Waals surface area contributed by atoms with Gasteiger partial charge < -0.3 is 52.8 Å². The third-order valence-corrected chi connectivity index (χ3v) is 14.5. The normalized spacial score (nSPS) is 30.5. The lowest BCUT2D eigenvalue weighted by Crippen LogP contribution is -2.42. The fourth-order valence-electron chi connectivity index (χ4n) is 5.03. The van der Waals surface area contributed by atoms with Crippen LogP contribution in [0.15, 0.2) is 68.0 Å². The summed E-state index contributed by atoms with van der Waals surface area (Å²) >= 11 is 21.3. The minimum absolute atomic E-state index is 0.409. The summed E-state index contributed by atoms with van der Waals surface area (Å²) in [6.07, 6.45) is -6.17. The second kappa shape index (κ2) is 19.6. The van der Waals surface area contributed by atoms with Crippen molar-refractivity contribution in [3.8, 4) is 5.75 Å². The number of carbonyl (C=O) groups excluding carboxylic acids is 1. The van der Waals surface area contributed by atoms with Crippen molar-refractivity contribution < 1.29 is 84.2 Å². The fourth-order valence-corrected chi connectivity index (χ4v) is 10.6. The lowest BCUT2D eigenvalue weighted by Gasteiger charge is -2.23. The van der Waals surface area contributed by atoms with Gasteiger partial charge in [0.1, 0.15) is 23.5 Å². The number of hydrogen-bond acceptors (Lipinski definition) is 17. The first-order valence-corrected chi connectivity index (χ1v) is 24.3. The van der Waals surface area contributed by atoms with E-state index >= 15 is 0 Å². The van der Waals surface area contributed by atoms with Gasteiger partial charge in [-0.1, -0.05) is 42.3 Å². The Morgan fingerprint density at radius 2 is 1.38 bits per heavy atom. The maximum atomic E-state index is 14.7. The summed E-state index contributed by atoms with van der Waals surface area (Å²) < 4.78 is 84.6. The molecule has 2 saturated heterocycles. The Hall–Kier alpha value is -2.32. The molecule has 0 spiro atoms. The number of rotatable bonds is 10. The van der Waals surface area contributed by atoms with Crippen molar-refractivity contribution in [1.82, 2.24) is 19.1 Å². The lowest BCUT2D eigenvalue weighted by molar-refractivity contribution is -0.0491. The number of ether oxygens (including phenoxy) is 2. The molecule has 6 rings (SSSR count). The van der Waals surface area contributed by atoms with Crippen LogP contribution >= 0.6 is 64.5 Å². The predicted octanol–water partition coefficient (Wildman–Crippen LogP) is 1.83. The van der Waals surface area contributed by atoms with Gasteiger partial charge in [-0.15, -0.1) is 0 Å². The van der Waals surface area contributed by atoms with Crippen molar-refractivity contribution >= 4 is 82.3 Å². The molecule has 0 radical (unpaired) electrons. The number of halogens is 5. The van der Waals surface area contributed by atoms with Crippen molar-refractivity contribution in [2.24, 2.45) is 5.92 Å². The molecule has 3 aromatic rings. The average molecular weight is 1020 g/mol. The third kappa shape index (κ3) is 12.7. The second-order valence-corrected chi connectivity index (χ2v) is 20.5. The minimum atomic E-state index is -5.58. The Balaban J connectivity index is 0.000000221. The van der Waals surface area contributed by atoms with E-state index in [1.165, 1.54) is 6.92 Å². The van der Waals surface area contributed by atoms with Crippen LogP contribution in [0.2, 0.25) is 0 Å². The van der Waals surface area contributed by atoms with E-state index in [4.69, 9.17) is 68.2 Å². The average Bonchev–Trinajstić information content (AvgIpc) is 3.48. The molecule has 8 N–H and O–H groups in total. The zero-order chi connectivity index (χ0) is 45.2. The van der Waals surface area contributed by atoms with Gasteiger partial charge in [0, 0.05) is 30.4 Å². The van der Waals surface area contributed by atoms with E-state index in [0.29, 0.717) is 15.9 Å². The van der Waals surface area contributed by atoms with Gasteiger partial charge in [0.25, 0.3) is 16.2 Å². The van der Waals surface area contributed by atoms with Crippen LogP contribution in [-0.2, 0) is 48.1 Å². The van der Waals surface area contributed by atoms with E-state index in [9.17, 15) is 51.9 Å². The molecule has 0 aliphatic carbocycles. The van der Waals surface area contributed by atoms with Crippen molar-refractivity contribution in [3.63, 3.8) is 0 Å². The first-order valence-electron chi connectivity index (χ1n) is 15.8. The molecule has 5 heterocycles. The highest BCUT2D eigenvalue weighted by Crippen LogP contribution is 2.66. The van der Waals surface area contributed by atoms with Crippen molar-refractivity contribution in [3.05, 3.63) is 96.0 Å². The highest BCUT2D eigenvalue weighted by Gasteiger charge is 2.58. The number of benzene rings is 1. The van der Waals surface area contributed by atoms with E-state index in [0.717, 1.165) is 29.1 Å². The fraction of sp³-hybridized carbons (Fsp3) is 0.423. The first-order chi connectivity index (χ1) is 27.6. The monoisotopic (exact) mass is 1020 g/mol. The van der Waals surface area contributed by atoms with Gasteiger partial charge in [-0.3, -0.25) is 28.7 Å². The first kappa shape index (κ1) is 50.3. The van der Waals surface area contributed by atoms with Gasteiger partial charge >= 0.3 is 47.4 Å². The topological polar surface area (TPSA) is 347 Å². The highest BCUT2D eigenvalue weighted by atomic mass is 35.7. The minimum Gasteiger partial charge on any atom is -0.426 e. The number of nitrogens with zero attached hydrogens (tertiary/aromatic N) is 2. The number of aliphatic hydroxyl groups is 2. The van der Waals surface area contributed by atoms with Crippen molar-refractivity contribution in [1.29, 1.82) is 0 Å². The largest absolute Gasteiger partial charge is 0.488 e. The Kier molecular flexibility index (Phi) is 16.4. The quantitative estimate of drug-likeness (QED) is 0.106. The number of alkyl halides is 4. The predicted molar refractivity (Wildman–Crippen MR) is 204 cm³/mol. The zero-order valence-electron chi connectivity index (χ0n) is 29.4. The number of carbonyl (C=O) groups is 1. The van der Waals surface area contributed by atoms with Crippen molar-refractivity contribution in [2.75, 3.05) is 13.2 Å². The number of hydrogen-bond donors (Lipinski definition) is 8. The number of aromatic amines is 2. The van der Waals surface area contributed by atoms with E-state index < -0.39 is 119 Å². The van der Waals surface area contributed by atoms with Gasteiger partial charge in [-0.25, -0.2) is 36.6 Å². The van der Waals surface area contributed by atoms with Crippen LogP contribution in [0, 0.1) is 5.92 Å². The molecule has 0 saturated carbocycles. The molecule has 11 atom stereocenters. The van der Waals surface area contributed by atoms with Gasteiger partial charge in [0.05, 0.1) is 19.3 Å². The third-order valence-electron chi connectivity index (χ3n) is 7.81. The van der Waals surface area contributed by atoms with Crippen LogP contribution in [0.4, 0.5) is 8.78 Å². The van der Waals surface area contributed by atoms with Crippen LogP contribution in [0.25, 0.3) is 0 Å². The Morgan fingerprint density at radius 1 is 0.867 bits per heavy atom. The number of para-hydroxylation sites is 1. The molecule has 0 bridgehead atoms. The summed E-state index contributed by atoms with van der Waals surface area (Å²) in [6, 6.07) is 8.75. The highest BCUT2D eigenvalue weighted by molar-refractivity contribution is 8.08. The maximum Gasteiger partial charge on any atom is 0.488 e. The van der Waals surface area contributed by atoms with Crippen LogP contribution in [0.1, 0.15) is 29.7 Å². The van der Waals surface area contributed by atoms with E-state index in [1.807, 2.05) is 9.97 Å². The Labute approximate surface area is 353 Å². The molecule has 3 aliphatic rings. The van der Waals surface area contributed by atoms with E-state index in [2.05, 4.69) is 29.5 Å². The summed E-state index contributed by atoms with van der Waals surface area (Å²) in [4.78, 5) is 96.2. The molecule has 334 valence electrons. The molecule has 34 heteroatoms. The second-order valence-electron chi connectivity index (χ2n) is 11.9. The van der Waals surface area contributed by atoms with Crippen LogP contribution < -0.4 is 27.0 Å². The molecule has 0 amide bonds. The summed E-state index contributed by atoms with van der Waals surface area (Å²) in [5, 5.41) is 13.6. The number of aliphatic hydroxyl groups excluding tert-OH is 2. The molecule has 3 unspecified atom stereocenters. The molecular formula is C26H29Cl3F2N4O20P4S. The Morgan fingerprint density at radius 3 is 1.88 bits per heavy atom. The summed E-state index contributed by atoms with van der Waals surface area (Å²) in [5.41, 5.74) is -2.92. The molecule has 3 aliphatic heterocycles. The van der Waals surface area contributed by atoms with Gasteiger partial charge in [-0.05, 0) is 35.2 Å². The molecular weight excluding hydrogens is 989 g/mol. The van der Waals surface area contributed by atoms with Crippen LogP contribution in [-0.4, -0.2) is 96.6 Å². The molecule has 60 heavy (non-hydrogen) atoms. The van der Waals surface area contributed by atoms with Crippen LogP contribution in [0.3, 0.4) is 0 Å². The van der Waals surface area contributed by atoms with E-state index in [1.54, 1.807) is 24.3 Å². The van der Waals surface area contributed by atoms with Crippen LogP contribution in [0.5, 0.6) is 5.75 Å². The smallest absolute Gasteiger partial charge is 0.426 e. The Bertz CT molecular complexity index is 2440. The van der Waals surface area contributed by atoms with Gasteiger partial charge in [0.2, 0.25) is 5.13 Å². The molecule has 2 fully saturated rings. The summed E-state index contributed by atoms with van der Waals surface area (Å²) in [6.45, 7) is -4.70. The molecule has 24 nitrogen and oxygen atoms in total. The lowest BCUT2D eigenvalue weighted by atomic mass is 10.0. The summed E-state index contributed by atoms with van der Waals surface area (Å²) in [7, 11) is -12.7. The standard InChI is InChI=1S/C10H12ClFN2O4.C9H13ClFN2O13P3S.C7H4ClO3P/c1-5-6(4-15)18-8(10(5,11)12)14-3-2-7(16)13-9(14)17;10-9(11)6(15)4(24-7(9)13-2-1-5(14)12-8(13)16)3-23-29(22,30)26-28(20,21)25-27(17,18)19;8-12-10-6-4-2-1-3-5(6)7(9)11-12/h2-3,5-6,8,15H,4H2,1H3,(H,13,16,17);1-2,4,6-7,15H,3H2,(H,20,21)(H,22,30)(H,12,14,16)(H2,17,18,19);1-4H/t5-,6-,8-,10-;4-,6-,7-,9-,29?;/m11./s1. The number of H-pyrrole nitrogens is 2. The molecule has 2 aromatic heterocycles. The number of nitrogens with one attached hydrogen (secondary N) is 2. The molecule has 1 aromatic carbocycles. The van der Waals surface area contributed by atoms with Crippen molar-refractivity contribution in [2.45, 2.75) is 47.9 Å². The summed E-state index contributed by atoms with van der Waals surface area (Å²) in [5.74, 6) is -0.721. The number of phosphoric acid groups is 2. The number of fused-ring (bicyclic) bond motifs is 1. The van der Waals surface area contributed by atoms with Gasteiger partial charge in [0.15, 0.2) is 12.5 Å².